The van der Waals surface area contributed by atoms with Crippen LogP contribution in [0.4, 0.5) is 5.69 Å². The van der Waals surface area contributed by atoms with E-state index in [0.29, 0.717) is 5.70 Å². The van der Waals surface area contributed by atoms with E-state index < -0.39 is 0 Å². The van der Waals surface area contributed by atoms with Crippen LogP contribution in [0.5, 0.6) is 0 Å². The van der Waals surface area contributed by atoms with Crippen LogP contribution in [0.1, 0.15) is 0 Å². The van der Waals surface area contributed by atoms with Gasteiger partial charge in [0, 0.05) is 45.0 Å². The van der Waals surface area contributed by atoms with E-state index in [1.165, 1.54) is 6.08 Å². The lowest BCUT2D eigenvalue weighted by molar-refractivity contribution is -0.111. The summed E-state index contributed by atoms with van der Waals surface area (Å²) in [6, 6.07) is 3.72. The number of ketones is 1. The minimum absolute atomic E-state index is 0.0721. The fraction of sp³-hybridized carbons (Fsp3) is 0.143. The molecule has 0 aromatic carbocycles. The maximum atomic E-state index is 12.0. The number of pyridine rings is 1. The van der Waals surface area contributed by atoms with E-state index in [2.05, 4.69) is 10.4 Å². The smallest absolute Gasteiger partial charge is 0.204 e. The second kappa shape index (κ2) is 5.86. The number of carbonyl (C=O) groups excluding carboxylic acids is 1. The summed E-state index contributed by atoms with van der Waals surface area (Å²) in [7, 11) is 3.74. The van der Waals surface area contributed by atoms with E-state index in [1.807, 2.05) is 43.4 Å². The highest BCUT2D eigenvalue weighted by atomic mass is 16.1. The summed E-state index contributed by atoms with van der Waals surface area (Å²) < 4.78 is 0. The molecule has 2 heterocycles. The molecule has 1 aliphatic heterocycles. The second-order valence-electron chi connectivity index (χ2n) is 4.25. The number of hydrazine groups is 1. The van der Waals surface area contributed by atoms with Gasteiger partial charge in [-0.25, -0.2) is 0 Å². The van der Waals surface area contributed by atoms with E-state index in [1.54, 1.807) is 29.7 Å². The zero-order valence-electron chi connectivity index (χ0n) is 10.9. The summed E-state index contributed by atoms with van der Waals surface area (Å²) in [6.07, 6.45) is 12.1. The number of hydrogen-bond donors (Lipinski definition) is 1. The van der Waals surface area contributed by atoms with Crippen molar-refractivity contribution < 1.29 is 4.79 Å². The van der Waals surface area contributed by atoms with Crippen molar-refractivity contribution in [1.29, 1.82) is 0 Å². The van der Waals surface area contributed by atoms with Gasteiger partial charge in [-0.2, -0.15) is 0 Å². The summed E-state index contributed by atoms with van der Waals surface area (Å²) in [5.74, 6) is -0.0721. The van der Waals surface area contributed by atoms with Crippen LogP contribution in [0.3, 0.4) is 0 Å². The highest BCUT2D eigenvalue weighted by Gasteiger charge is 2.12. The highest BCUT2D eigenvalue weighted by molar-refractivity contribution is 6.04. The van der Waals surface area contributed by atoms with Crippen LogP contribution >= 0.6 is 0 Å². The summed E-state index contributed by atoms with van der Waals surface area (Å²) in [5.41, 5.74) is 4.50. The molecule has 0 bridgehead atoms. The molecular weight excluding hydrogens is 240 g/mol. The minimum atomic E-state index is -0.0721. The Hall–Kier alpha value is -2.56. The third-order valence-electron chi connectivity index (χ3n) is 2.47. The van der Waals surface area contributed by atoms with Crippen molar-refractivity contribution in [3.63, 3.8) is 0 Å². The maximum Gasteiger partial charge on any atom is 0.204 e. The standard InChI is InChI=1S/C14H16N4O/c1-17(2)11-7-14(19)13-4-3-10-18(16-13)12-5-8-15-9-6-12/h3-11,16H,1-2H3/b11-7+. The molecule has 19 heavy (non-hydrogen) atoms. The van der Waals surface area contributed by atoms with Gasteiger partial charge in [0.05, 0.1) is 5.69 Å². The molecule has 0 amide bonds. The number of nitrogens with zero attached hydrogens (tertiary/aromatic N) is 3. The van der Waals surface area contributed by atoms with Gasteiger partial charge in [-0.3, -0.25) is 20.2 Å². The lowest BCUT2D eigenvalue weighted by Gasteiger charge is -2.25. The van der Waals surface area contributed by atoms with Crippen molar-refractivity contribution in [1.82, 2.24) is 15.3 Å². The van der Waals surface area contributed by atoms with E-state index in [4.69, 9.17) is 0 Å². The predicted octanol–water partition coefficient (Wildman–Crippen LogP) is 1.45. The first-order valence-electron chi connectivity index (χ1n) is 5.90. The quantitative estimate of drug-likeness (QED) is 0.826. The van der Waals surface area contributed by atoms with Gasteiger partial charge in [0.1, 0.15) is 5.70 Å². The number of aromatic nitrogens is 1. The Labute approximate surface area is 112 Å². The topological polar surface area (TPSA) is 48.5 Å². The molecule has 1 aromatic rings. The van der Waals surface area contributed by atoms with Crippen LogP contribution in [-0.4, -0.2) is 29.8 Å². The first-order valence-corrected chi connectivity index (χ1v) is 5.90. The van der Waals surface area contributed by atoms with Crippen molar-refractivity contribution in [3.8, 4) is 0 Å². The first kappa shape index (κ1) is 12.9. The van der Waals surface area contributed by atoms with Crippen LogP contribution in [0.2, 0.25) is 0 Å². The summed E-state index contributed by atoms with van der Waals surface area (Å²) >= 11 is 0. The van der Waals surface area contributed by atoms with Crippen LogP contribution in [0.15, 0.2) is 60.9 Å². The Balaban J connectivity index is 2.08. The fourth-order valence-corrected chi connectivity index (χ4v) is 1.53. The van der Waals surface area contributed by atoms with Crippen LogP contribution in [0, 0.1) is 0 Å². The van der Waals surface area contributed by atoms with Crippen LogP contribution in [0.25, 0.3) is 0 Å². The van der Waals surface area contributed by atoms with E-state index in [-0.39, 0.29) is 5.78 Å². The van der Waals surface area contributed by atoms with Gasteiger partial charge in [0.2, 0.25) is 5.78 Å². The molecule has 0 atom stereocenters. The summed E-state index contributed by atoms with van der Waals surface area (Å²) in [6.45, 7) is 0. The molecule has 0 aliphatic carbocycles. The van der Waals surface area contributed by atoms with Gasteiger partial charge in [-0.15, -0.1) is 0 Å². The normalized spacial score (nSPS) is 14.2. The molecule has 0 saturated heterocycles. The molecule has 0 saturated carbocycles. The largest absolute Gasteiger partial charge is 0.383 e. The lowest BCUT2D eigenvalue weighted by Crippen LogP contribution is -2.37. The molecule has 1 aromatic heterocycles. The van der Waals surface area contributed by atoms with E-state index in [0.717, 1.165) is 5.69 Å². The van der Waals surface area contributed by atoms with Crippen molar-refractivity contribution in [2.24, 2.45) is 0 Å². The third-order valence-corrected chi connectivity index (χ3v) is 2.47. The number of allylic oxidation sites excluding steroid dienone is 3. The number of nitrogens with one attached hydrogen (secondary N) is 1. The molecule has 2 rings (SSSR count). The van der Waals surface area contributed by atoms with Crippen molar-refractivity contribution in [2.75, 3.05) is 19.1 Å². The van der Waals surface area contributed by atoms with Gasteiger partial charge in [-0.05, 0) is 24.3 Å². The van der Waals surface area contributed by atoms with Gasteiger partial charge < -0.3 is 4.90 Å². The van der Waals surface area contributed by atoms with Gasteiger partial charge in [-0.1, -0.05) is 0 Å². The molecule has 5 heteroatoms. The average Bonchev–Trinajstić information content (AvgIpc) is 2.46. The minimum Gasteiger partial charge on any atom is -0.383 e. The Morgan fingerprint density at radius 1 is 1.37 bits per heavy atom. The van der Waals surface area contributed by atoms with Gasteiger partial charge >= 0.3 is 0 Å². The maximum absolute atomic E-state index is 12.0. The second-order valence-corrected chi connectivity index (χ2v) is 4.25. The fourth-order valence-electron chi connectivity index (χ4n) is 1.53. The Kier molecular flexibility index (Phi) is 3.97. The van der Waals surface area contributed by atoms with Crippen molar-refractivity contribution in [3.05, 3.63) is 60.9 Å². The average molecular weight is 256 g/mol. The van der Waals surface area contributed by atoms with E-state index >= 15 is 0 Å². The van der Waals surface area contributed by atoms with Crippen molar-refractivity contribution >= 4 is 11.5 Å². The SMILES string of the molecule is CN(C)/C=C/C(=O)C1=CC=CN(c2ccncc2)N1. The highest BCUT2D eigenvalue weighted by Crippen LogP contribution is 2.14. The lowest BCUT2D eigenvalue weighted by atomic mass is 10.2. The zero-order chi connectivity index (χ0) is 13.7. The molecule has 98 valence electrons. The molecule has 1 N–H and O–H groups in total. The molecular formula is C14H16N4O. The van der Waals surface area contributed by atoms with Gasteiger partial charge in [0.25, 0.3) is 0 Å². The summed E-state index contributed by atoms with van der Waals surface area (Å²) in [5, 5.41) is 1.78. The Bertz CT molecular complexity index is 532. The number of carbonyl (C=O) groups is 1. The summed E-state index contributed by atoms with van der Waals surface area (Å²) in [4.78, 5) is 17.7. The number of anilines is 1. The number of hydrogen-bond acceptors (Lipinski definition) is 5. The molecule has 0 unspecified atom stereocenters. The van der Waals surface area contributed by atoms with Crippen molar-refractivity contribution in [2.45, 2.75) is 0 Å². The predicted molar refractivity (Wildman–Crippen MR) is 74.9 cm³/mol. The van der Waals surface area contributed by atoms with E-state index in [9.17, 15) is 4.79 Å². The third kappa shape index (κ3) is 3.45. The monoisotopic (exact) mass is 256 g/mol. The van der Waals surface area contributed by atoms with Crippen LogP contribution < -0.4 is 10.4 Å². The molecule has 5 nitrogen and oxygen atoms in total. The number of rotatable bonds is 4. The zero-order valence-corrected chi connectivity index (χ0v) is 10.9. The molecule has 0 spiro atoms. The molecule has 1 aliphatic rings. The first-order chi connectivity index (χ1) is 9.16. The molecule has 0 radical (unpaired) electrons. The van der Waals surface area contributed by atoms with Crippen LogP contribution in [-0.2, 0) is 4.79 Å². The Morgan fingerprint density at radius 3 is 2.79 bits per heavy atom. The van der Waals surface area contributed by atoms with Gasteiger partial charge in [0.15, 0.2) is 0 Å². The Morgan fingerprint density at radius 2 is 2.11 bits per heavy atom. The molecule has 0 fully saturated rings.